The van der Waals surface area contributed by atoms with Gasteiger partial charge in [-0.1, -0.05) is 12.1 Å². The normalized spacial score (nSPS) is 17.5. The third-order valence-corrected chi connectivity index (χ3v) is 2.56. The van der Waals surface area contributed by atoms with E-state index in [1.807, 2.05) is 24.3 Å². The molecule has 0 fully saturated rings. The molecule has 0 saturated heterocycles. The SMILES string of the molecule is COc1ccc(/C=C2\C(=O)N=C(N)N2C)cc1. The molecule has 5 nitrogen and oxygen atoms in total. The maximum atomic E-state index is 11.5. The van der Waals surface area contributed by atoms with Crippen LogP contribution in [0, 0.1) is 0 Å². The van der Waals surface area contributed by atoms with Gasteiger partial charge in [-0.15, -0.1) is 0 Å². The quantitative estimate of drug-likeness (QED) is 0.765. The molecule has 0 atom stereocenters. The van der Waals surface area contributed by atoms with Crippen LogP contribution in [0.1, 0.15) is 5.56 Å². The molecule has 0 aliphatic carbocycles. The number of carbonyl (C=O) groups is 1. The Labute approximate surface area is 99.2 Å². The van der Waals surface area contributed by atoms with Crippen molar-refractivity contribution in [2.45, 2.75) is 0 Å². The summed E-state index contributed by atoms with van der Waals surface area (Å²) >= 11 is 0. The Bertz CT molecular complexity index is 503. The third kappa shape index (κ3) is 2.13. The molecule has 5 heteroatoms. The van der Waals surface area contributed by atoms with Crippen molar-refractivity contribution in [3.8, 4) is 5.75 Å². The zero-order valence-corrected chi connectivity index (χ0v) is 9.68. The molecule has 2 N–H and O–H groups in total. The molecule has 1 aromatic carbocycles. The highest BCUT2D eigenvalue weighted by molar-refractivity contribution is 6.11. The van der Waals surface area contributed by atoms with Crippen molar-refractivity contribution in [3.05, 3.63) is 35.5 Å². The average Bonchev–Trinajstić information content (AvgIpc) is 2.57. The van der Waals surface area contributed by atoms with E-state index in [0.717, 1.165) is 11.3 Å². The summed E-state index contributed by atoms with van der Waals surface area (Å²) in [5.41, 5.74) is 6.91. The van der Waals surface area contributed by atoms with E-state index in [9.17, 15) is 4.79 Å². The van der Waals surface area contributed by atoms with Crippen molar-refractivity contribution in [3.63, 3.8) is 0 Å². The first kappa shape index (κ1) is 11.2. The Morgan fingerprint density at radius 2 is 2.00 bits per heavy atom. The summed E-state index contributed by atoms with van der Waals surface area (Å²) in [5, 5.41) is 0. The fraction of sp³-hybridized carbons (Fsp3) is 0.167. The number of nitrogens with two attached hydrogens (primary N) is 1. The molecule has 1 amide bonds. The van der Waals surface area contributed by atoms with Gasteiger partial charge in [-0.2, -0.15) is 4.99 Å². The van der Waals surface area contributed by atoms with Gasteiger partial charge in [0.1, 0.15) is 11.4 Å². The van der Waals surface area contributed by atoms with E-state index in [1.165, 1.54) is 0 Å². The molecule has 0 radical (unpaired) electrons. The molecule has 0 aromatic heterocycles. The second kappa shape index (κ2) is 4.29. The number of ether oxygens (including phenoxy) is 1. The van der Waals surface area contributed by atoms with Gasteiger partial charge in [0.05, 0.1) is 7.11 Å². The Balaban J connectivity index is 2.28. The van der Waals surface area contributed by atoms with Crippen molar-refractivity contribution in [1.29, 1.82) is 0 Å². The van der Waals surface area contributed by atoms with Gasteiger partial charge in [0, 0.05) is 7.05 Å². The summed E-state index contributed by atoms with van der Waals surface area (Å²) in [4.78, 5) is 16.8. The number of aliphatic imine (C=N–C) groups is 1. The van der Waals surface area contributed by atoms with Crippen molar-refractivity contribution in [2.75, 3.05) is 14.2 Å². The first-order valence-corrected chi connectivity index (χ1v) is 5.10. The Morgan fingerprint density at radius 1 is 1.35 bits per heavy atom. The lowest BCUT2D eigenvalue weighted by Crippen LogP contribution is -2.28. The molecule has 1 heterocycles. The summed E-state index contributed by atoms with van der Waals surface area (Å²) in [6.45, 7) is 0. The summed E-state index contributed by atoms with van der Waals surface area (Å²) in [7, 11) is 3.31. The van der Waals surface area contributed by atoms with Crippen LogP contribution in [0.2, 0.25) is 0 Å². The smallest absolute Gasteiger partial charge is 0.296 e. The molecule has 1 aliphatic heterocycles. The average molecular weight is 231 g/mol. The van der Waals surface area contributed by atoms with E-state index in [4.69, 9.17) is 10.5 Å². The van der Waals surface area contributed by atoms with Crippen LogP contribution in [0.15, 0.2) is 35.0 Å². The molecule has 1 aliphatic rings. The van der Waals surface area contributed by atoms with E-state index >= 15 is 0 Å². The predicted molar refractivity (Wildman–Crippen MR) is 65.4 cm³/mol. The molecule has 17 heavy (non-hydrogen) atoms. The second-order valence-electron chi connectivity index (χ2n) is 3.64. The first-order chi connectivity index (χ1) is 8.11. The Hall–Kier alpha value is -2.30. The highest BCUT2D eigenvalue weighted by Gasteiger charge is 2.23. The monoisotopic (exact) mass is 231 g/mol. The molecule has 0 bridgehead atoms. The topological polar surface area (TPSA) is 67.9 Å². The number of benzene rings is 1. The van der Waals surface area contributed by atoms with Gasteiger partial charge in [-0.05, 0) is 23.8 Å². The van der Waals surface area contributed by atoms with Crippen molar-refractivity contribution in [1.82, 2.24) is 4.90 Å². The van der Waals surface area contributed by atoms with Crippen LogP contribution in [0.25, 0.3) is 6.08 Å². The Morgan fingerprint density at radius 3 is 2.47 bits per heavy atom. The van der Waals surface area contributed by atoms with Crippen LogP contribution in [-0.2, 0) is 4.79 Å². The number of amides is 1. The van der Waals surface area contributed by atoms with E-state index in [-0.39, 0.29) is 11.9 Å². The van der Waals surface area contributed by atoms with Crippen LogP contribution in [0.5, 0.6) is 5.75 Å². The summed E-state index contributed by atoms with van der Waals surface area (Å²) in [6, 6.07) is 7.38. The van der Waals surface area contributed by atoms with Crippen molar-refractivity contribution in [2.24, 2.45) is 10.7 Å². The zero-order valence-electron chi connectivity index (χ0n) is 9.68. The van der Waals surface area contributed by atoms with Crippen LogP contribution >= 0.6 is 0 Å². The van der Waals surface area contributed by atoms with Crippen molar-refractivity contribution >= 4 is 17.9 Å². The van der Waals surface area contributed by atoms with E-state index in [1.54, 1.807) is 25.1 Å². The second-order valence-corrected chi connectivity index (χ2v) is 3.64. The molecular weight excluding hydrogens is 218 g/mol. The number of guanidine groups is 1. The molecular formula is C12H13N3O2. The first-order valence-electron chi connectivity index (χ1n) is 5.10. The van der Waals surface area contributed by atoms with Gasteiger partial charge in [0.15, 0.2) is 0 Å². The number of methoxy groups -OCH3 is 1. The van der Waals surface area contributed by atoms with Crippen LogP contribution in [0.3, 0.4) is 0 Å². The van der Waals surface area contributed by atoms with E-state index < -0.39 is 0 Å². The summed E-state index contributed by atoms with van der Waals surface area (Å²) in [5.74, 6) is 0.671. The lowest BCUT2D eigenvalue weighted by molar-refractivity contribution is -0.114. The fourth-order valence-corrected chi connectivity index (χ4v) is 1.52. The fourth-order valence-electron chi connectivity index (χ4n) is 1.52. The number of rotatable bonds is 2. The minimum absolute atomic E-state index is 0.217. The molecule has 0 spiro atoms. The maximum Gasteiger partial charge on any atom is 0.296 e. The highest BCUT2D eigenvalue weighted by atomic mass is 16.5. The Kier molecular flexibility index (Phi) is 2.82. The number of hydrogen-bond acceptors (Lipinski definition) is 4. The predicted octanol–water partition coefficient (Wildman–Crippen LogP) is 0.823. The summed E-state index contributed by atoms with van der Waals surface area (Å²) < 4.78 is 5.06. The largest absolute Gasteiger partial charge is 0.497 e. The van der Waals surface area contributed by atoms with Gasteiger partial charge in [0.25, 0.3) is 5.91 Å². The molecule has 0 unspecified atom stereocenters. The molecule has 2 rings (SSSR count). The van der Waals surface area contributed by atoms with Crippen LogP contribution in [-0.4, -0.2) is 30.9 Å². The van der Waals surface area contributed by atoms with Crippen LogP contribution in [0.4, 0.5) is 0 Å². The third-order valence-electron chi connectivity index (χ3n) is 2.56. The van der Waals surface area contributed by atoms with Crippen molar-refractivity contribution < 1.29 is 9.53 Å². The van der Waals surface area contributed by atoms with E-state index in [0.29, 0.717) is 5.70 Å². The summed E-state index contributed by atoms with van der Waals surface area (Å²) in [6.07, 6.45) is 1.74. The van der Waals surface area contributed by atoms with Gasteiger partial charge < -0.3 is 15.4 Å². The molecule has 88 valence electrons. The maximum absolute atomic E-state index is 11.5. The van der Waals surface area contributed by atoms with Gasteiger partial charge in [-0.3, -0.25) is 4.79 Å². The number of nitrogens with zero attached hydrogens (tertiary/aromatic N) is 2. The standard InChI is InChI=1S/C12H13N3O2/c1-15-10(11(16)14-12(15)13)7-8-3-5-9(17-2)6-4-8/h3-7H,1-2H3,(H2,13,14,16)/b10-7+. The highest BCUT2D eigenvalue weighted by Crippen LogP contribution is 2.18. The van der Waals surface area contributed by atoms with Gasteiger partial charge in [-0.25, -0.2) is 0 Å². The van der Waals surface area contributed by atoms with Gasteiger partial charge >= 0.3 is 0 Å². The number of likely N-dealkylation sites (N-methyl/N-ethyl adjacent to an activating group) is 1. The van der Waals surface area contributed by atoms with E-state index in [2.05, 4.69) is 4.99 Å². The molecule has 0 saturated carbocycles. The minimum Gasteiger partial charge on any atom is -0.497 e. The van der Waals surface area contributed by atoms with Crippen LogP contribution < -0.4 is 10.5 Å². The lowest BCUT2D eigenvalue weighted by atomic mass is 10.2. The number of hydrogen-bond donors (Lipinski definition) is 1. The number of carbonyl (C=O) groups excluding carboxylic acids is 1. The molecule has 1 aromatic rings. The lowest BCUT2D eigenvalue weighted by Gasteiger charge is -2.11. The van der Waals surface area contributed by atoms with Gasteiger partial charge in [0.2, 0.25) is 5.96 Å². The minimum atomic E-state index is -0.319. The zero-order chi connectivity index (χ0) is 12.4.